The number of hydrogen-bond donors (Lipinski definition) is 3. The van der Waals surface area contributed by atoms with Gasteiger partial charge in [0.15, 0.2) is 0 Å². The summed E-state index contributed by atoms with van der Waals surface area (Å²) in [5.41, 5.74) is -1.06. The highest BCUT2D eigenvalue weighted by Gasteiger charge is 2.08. The molecule has 0 radical (unpaired) electrons. The Bertz CT molecular complexity index is 678. The lowest BCUT2D eigenvalue weighted by molar-refractivity contribution is 0.102. The van der Waals surface area contributed by atoms with Crippen LogP contribution in [0, 0.1) is 0 Å². The minimum Gasteiger partial charge on any atom is -0.319 e. The third-order valence-corrected chi connectivity index (χ3v) is 2.40. The van der Waals surface area contributed by atoms with Crippen molar-refractivity contribution in [3.05, 3.63) is 55.5 Å². The van der Waals surface area contributed by atoms with Crippen LogP contribution >= 0.6 is 15.9 Å². The number of H-pyrrole nitrogens is 2. The summed E-state index contributed by atoms with van der Waals surface area (Å²) in [5.74, 6) is -0.599. The molecule has 2 aromatic heterocycles. The van der Waals surface area contributed by atoms with Crippen molar-refractivity contribution in [2.24, 2.45) is 0 Å². The van der Waals surface area contributed by atoms with E-state index in [4.69, 9.17) is 0 Å². The molecule has 3 N–H and O–H groups in total. The second-order valence-corrected chi connectivity index (χ2v) is 4.26. The Labute approximate surface area is 108 Å². The van der Waals surface area contributed by atoms with Gasteiger partial charge in [0.2, 0.25) is 0 Å². The summed E-state index contributed by atoms with van der Waals surface area (Å²) in [6.07, 6.45) is 3.00. The summed E-state index contributed by atoms with van der Waals surface area (Å²) >= 11 is 3.20. The topological polar surface area (TPSA) is 108 Å². The highest BCUT2D eigenvalue weighted by atomic mass is 79.9. The van der Waals surface area contributed by atoms with Gasteiger partial charge in [-0.2, -0.15) is 0 Å². The predicted molar refractivity (Wildman–Crippen MR) is 67.6 cm³/mol. The first-order valence-corrected chi connectivity index (χ1v) is 5.59. The van der Waals surface area contributed by atoms with Crippen LogP contribution in [0.15, 0.2) is 38.6 Å². The highest BCUT2D eigenvalue weighted by Crippen LogP contribution is 2.13. The zero-order valence-electron chi connectivity index (χ0n) is 8.86. The molecule has 0 bridgehead atoms. The maximum atomic E-state index is 11.8. The molecule has 2 heterocycles. The Morgan fingerprint density at radius 3 is 2.67 bits per heavy atom. The number of rotatable bonds is 2. The number of amides is 1. The van der Waals surface area contributed by atoms with E-state index in [9.17, 15) is 14.4 Å². The Balaban J connectivity index is 2.27. The van der Waals surface area contributed by atoms with E-state index in [0.29, 0.717) is 10.2 Å². The standard InChI is InChI=1S/C10H7BrN4O3/c11-5-1-6(4-12-3-5)13-9(17)7-2-8(16)15-10(18)14-7/h1-4H,(H,13,17)(H2,14,15,16,18). The van der Waals surface area contributed by atoms with Crippen LogP contribution in [-0.2, 0) is 0 Å². The zero-order chi connectivity index (χ0) is 13.1. The number of aromatic amines is 2. The van der Waals surface area contributed by atoms with Crippen LogP contribution in [0.25, 0.3) is 0 Å². The monoisotopic (exact) mass is 310 g/mol. The molecule has 18 heavy (non-hydrogen) atoms. The van der Waals surface area contributed by atoms with Gasteiger partial charge < -0.3 is 10.3 Å². The molecular formula is C10H7BrN4O3. The van der Waals surface area contributed by atoms with Gasteiger partial charge in [-0.25, -0.2) is 4.79 Å². The lowest BCUT2D eigenvalue weighted by Crippen LogP contribution is -2.27. The van der Waals surface area contributed by atoms with Gasteiger partial charge in [0.05, 0.1) is 11.9 Å². The quantitative estimate of drug-likeness (QED) is 0.749. The first-order chi connectivity index (χ1) is 8.54. The predicted octanol–water partition coefficient (Wildman–Crippen LogP) is 0.473. The van der Waals surface area contributed by atoms with Gasteiger partial charge in [0.1, 0.15) is 5.69 Å². The molecule has 0 saturated heterocycles. The van der Waals surface area contributed by atoms with Crippen molar-refractivity contribution in [2.45, 2.75) is 0 Å². The Morgan fingerprint density at radius 2 is 2.00 bits per heavy atom. The van der Waals surface area contributed by atoms with E-state index in [1.54, 1.807) is 12.3 Å². The van der Waals surface area contributed by atoms with Crippen LogP contribution in [0.2, 0.25) is 0 Å². The third kappa shape index (κ3) is 2.92. The average Bonchev–Trinajstić information content (AvgIpc) is 2.27. The van der Waals surface area contributed by atoms with Crippen molar-refractivity contribution in [3.8, 4) is 0 Å². The summed E-state index contributed by atoms with van der Waals surface area (Å²) < 4.78 is 0.694. The van der Waals surface area contributed by atoms with Crippen LogP contribution in [0.5, 0.6) is 0 Å². The average molecular weight is 311 g/mol. The molecule has 0 atom stereocenters. The molecule has 0 fully saturated rings. The van der Waals surface area contributed by atoms with Gasteiger partial charge in [-0.15, -0.1) is 0 Å². The Kier molecular flexibility index (Phi) is 3.38. The fraction of sp³-hybridized carbons (Fsp3) is 0. The summed E-state index contributed by atoms with van der Waals surface area (Å²) in [7, 11) is 0. The largest absolute Gasteiger partial charge is 0.326 e. The van der Waals surface area contributed by atoms with E-state index < -0.39 is 17.2 Å². The zero-order valence-corrected chi connectivity index (χ0v) is 10.4. The van der Waals surface area contributed by atoms with Gasteiger partial charge in [0.25, 0.3) is 11.5 Å². The highest BCUT2D eigenvalue weighted by molar-refractivity contribution is 9.10. The molecule has 0 aliphatic carbocycles. The molecule has 0 spiro atoms. The lowest BCUT2D eigenvalue weighted by atomic mass is 10.3. The van der Waals surface area contributed by atoms with Crippen molar-refractivity contribution >= 4 is 27.5 Å². The first-order valence-electron chi connectivity index (χ1n) is 4.80. The van der Waals surface area contributed by atoms with Crippen LogP contribution in [0.4, 0.5) is 5.69 Å². The number of carbonyl (C=O) groups is 1. The van der Waals surface area contributed by atoms with Gasteiger partial charge in [-0.05, 0) is 22.0 Å². The number of nitrogens with zero attached hydrogens (tertiary/aromatic N) is 1. The minimum absolute atomic E-state index is 0.122. The Morgan fingerprint density at radius 1 is 1.22 bits per heavy atom. The number of anilines is 1. The lowest BCUT2D eigenvalue weighted by Gasteiger charge is -2.04. The van der Waals surface area contributed by atoms with Crippen LogP contribution in [-0.4, -0.2) is 20.9 Å². The van der Waals surface area contributed by atoms with Crippen LogP contribution in [0.3, 0.4) is 0 Å². The summed E-state index contributed by atoms with van der Waals surface area (Å²) in [6.45, 7) is 0. The van der Waals surface area contributed by atoms with Crippen molar-refractivity contribution in [1.29, 1.82) is 0 Å². The third-order valence-electron chi connectivity index (χ3n) is 1.97. The van der Waals surface area contributed by atoms with Gasteiger partial charge in [-0.3, -0.25) is 19.6 Å². The normalized spacial score (nSPS) is 10.1. The fourth-order valence-electron chi connectivity index (χ4n) is 1.27. The maximum Gasteiger partial charge on any atom is 0.326 e. The number of hydrogen-bond acceptors (Lipinski definition) is 4. The van der Waals surface area contributed by atoms with Crippen molar-refractivity contribution < 1.29 is 4.79 Å². The molecule has 0 aromatic carbocycles. The molecule has 0 unspecified atom stereocenters. The first kappa shape index (κ1) is 12.2. The number of carbonyl (C=O) groups excluding carboxylic acids is 1. The van der Waals surface area contributed by atoms with E-state index in [2.05, 4.69) is 31.2 Å². The maximum absolute atomic E-state index is 11.8. The van der Waals surface area contributed by atoms with E-state index in [-0.39, 0.29) is 5.69 Å². The molecule has 92 valence electrons. The summed E-state index contributed by atoms with van der Waals surface area (Å²) in [5, 5.41) is 2.50. The molecule has 0 saturated carbocycles. The molecule has 2 rings (SSSR count). The summed E-state index contributed by atoms with van der Waals surface area (Å²) in [6, 6.07) is 2.64. The van der Waals surface area contributed by atoms with E-state index in [0.717, 1.165) is 6.07 Å². The second-order valence-electron chi connectivity index (χ2n) is 3.35. The number of nitrogens with one attached hydrogen (secondary N) is 3. The van der Waals surface area contributed by atoms with Crippen molar-refractivity contribution in [3.63, 3.8) is 0 Å². The smallest absolute Gasteiger partial charge is 0.319 e. The molecular weight excluding hydrogens is 304 g/mol. The van der Waals surface area contributed by atoms with E-state index >= 15 is 0 Å². The second kappa shape index (κ2) is 4.96. The molecule has 0 aliphatic heterocycles. The van der Waals surface area contributed by atoms with Gasteiger partial charge in [-0.1, -0.05) is 0 Å². The fourth-order valence-corrected chi connectivity index (χ4v) is 1.63. The molecule has 8 heteroatoms. The van der Waals surface area contributed by atoms with Crippen molar-refractivity contribution in [1.82, 2.24) is 15.0 Å². The minimum atomic E-state index is -0.736. The van der Waals surface area contributed by atoms with E-state index in [1.165, 1.54) is 6.20 Å². The molecule has 1 amide bonds. The van der Waals surface area contributed by atoms with Crippen LogP contribution < -0.4 is 16.6 Å². The van der Waals surface area contributed by atoms with Gasteiger partial charge in [0, 0.05) is 16.7 Å². The number of pyridine rings is 1. The van der Waals surface area contributed by atoms with Gasteiger partial charge >= 0.3 is 5.69 Å². The molecule has 2 aromatic rings. The molecule has 0 aliphatic rings. The van der Waals surface area contributed by atoms with Crippen LogP contribution in [0.1, 0.15) is 10.5 Å². The summed E-state index contributed by atoms with van der Waals surface area (Å²) in [4.78, 5) is 41.9. The molecule has 7 nitrogen and oxygen atoms in total. The SMILES string of the molecule is O=C(Nc1cncc(Br)c1)c1cc(=O)[nH]c(=O)[nH]1. The van der Waals surface area contributed by atoms with Crippen molar-refractivity contribution in [2.75, 3.05) is 5.32 Å². The Hall–Kier alpha value is -2.22. The van der Waals surface area contributed by atoms with E-state index in [1.807, 2.05) is 4.98 Å². The number of halogens is 1. The number of aromatic nitrogens is 3.